The minimum absolute atomic E-state index is 0.0157. The molecule has 0 spiro atoms. The number of carbonyl (C=O) groups excluding carboxylic acids is 1. The van der Waals surface area contributed by atoms with E-state index in [1.165, 1.54) is 11.3 Å². The van der Waals surface area contributed by atoms with Crippen LogP contribution in [-0.4, -0.2) is 40.6 Å². The number of nitrogens with zero attached hydrogens (tertiary/aromatic N) is 2. The summed E-state index contributed by atoms with van der Waals surface area (Å²) in [4.78, 5) is 18.3. The first-order valence-corrected chi connectivity index (χ1v) is 8.20. The number of ether oxygens (including phenoxy) is 1. The lowest BCUT2D eigenvalue weighted by Gasteiger charge is -2.16. The fourth-order valence-electron chi connectivity index (χ4n) is 2.51. The molecule has 116 valence electrons. The molecule has 2 aromatic rings. The fourth-order valence-corrected chi connectivity index (χ4v) is 3.05. The first-order valence-electron chi connectivity index (χ1n) is 7.26. The second-order valence-electron chi connectivity index (χ2n) is 5.38. The van der Waals surface area contributed by atoms with Gasteiger partial charge in [-0.1, -0.05) is 0 Å². The maximum absolute atomic E-state index is 12.4. The van der Waals surface area contributed by atoms with Crippen molar-refractivity contribution >= 4 is 17.2 Å². The highest BCUT2D eigenvalue weighted by Gasteiger charge is 2.26. The molecule has 0 radical (unpaired) electrons. The standard InChI is InChI=1S/C16H18N2O3S/c19-8-12-5-6-18(7-12)16(20)13-1-3-15(4-2-13)21-9-14-10-22-11-17-14/h1-4,10-12,19H,5-9H2. The molecule has 22 heavy (non-hydrogen) atoms. The second-order valence-corrected chi connectivity index (χ2v) is 6.10. The van der Waals surface area contributed by atoms with Crippen LogP contribution in [0.2, 0.25) is 0 Å². The highest BCUT2D eigenvalue weighted by molar-refractivity contribution is 7.07. The third kappa shape index (κ3) is 3.45. The van der Waals surface area contributed by atoms with E-state index in [2.05, 4.69) is 4.98 Å². The zero-order valence-corrected chi connectivity index (χ0v) is 13.0. The topological polar surface area (TPSA) is 62.7 Å². The third-order valence-corrected chi connectivity index (χ3v) is 4.44. The molecule has 0 bridgehead atoms. The minimum Gasteiger partial charge on any atom is -0.487 e. The molecule has 3 rings (SSSR count). The summed E-state index contributed by atoms with van der Waals surface area (Å²) in [5, 5.41) is 11.1. The van der Waals surface area contributed by atoms with E-state index in [4.69, 9.17) is 9.84 Å². The van der Waals surface area contributed by atoms with Crippen LogP contribution in [0.4, 0.5) is 0 Å². The second kappa shape index (κ2) is 6.89. The highest BCUT2D eigenvalue weighted by Crippen LogP contribution is 2.20. The van der Waals surface area contributed by atoms with Gasteiger partial charge in [-0.3, -0.25) is 4.79 Å². The van der Waals surface area contributed by atoms with E-state index < -0.39 is 0 Å². The number of amides is 1. The smallest absolute Gasteiger partial charge is 0.253 e. The van der Waals surface area contributed by atoms with Gasteiger partial charge < -0.3 is 14.7 Å². The Morgan fingerprint density at radius 2 is 2.23 bits per heavy atom. The number of hydrogen-bond acceptors (Lipinski definition) is 5. The summed E-state index contributed by atoms with van der Waals surface area (Å²) in [5.74, 6) is 0.950. The maximum atomic E-state index is 12.4. The Labute approximate surface area is 133 Å². The van der Waals surface area contributed by atoms with Crippen LogP contribution in [0.3, 0.4) is 0 Å². The van der Waals surface area contributed by atoms with Gasteiger partial charge in [-0.25, -0.2) is 4.98 Å². The number of thiazole rings is 1. The monoisotopic (exact) mass is 318 g/mol. The highest BCUT2D eigenvalue weighted by atomic mass is 32.1. The number of likely N-dealkylation sites (tertiary alicyclic amines) is 1. The quantitative estimate of drug-likeness (QED) is 0.918. The lowest BCUT2D eigenvalue weighted by molar-refractivity contribution is 0.0782. The third-order valence-electron chi connectivity index (χ3n) is 3.80. The van der Waals surface area contributed by atoms with Crippen LogP contribution < -0.4 is 4.74 Å². The van der Waals surface area contributed by atoms with E-state index >= 15 is 0 Å². The summed E-state index contributed by atoms with van der Waals surface area (Å²) >= 11 is 1.54. The first kappa shape index (κ1) is 15.0. The molecular formula is C16H18N2O3S. The molecular weight excluding hydrogens is 300 g/mol. The largest absolute Gasteiger partial charge is 0.487 e. The fraction of sp³-hybridized carbons (Fsp3) is 0.375. The van der Waals surface area contributed by atoms with Gasteiger partial charge >= 0.3 is 0 Å². The number of benzene rings is 1. The van der Waals surface area contributed by atoms with Crippen LogP contribution in [0.1, 0.15) is 22.5 Å². The average molecular weight is 318 g/mol. The summed E-state index contributed by atoms with van der Waals surface area (Å²) < 4.78 is 5.63. The number of aromatic nitrogens is 1. The molecule has 1 fully saturated rings. The van der Waals surface area contributed by atoms with Crippen LogP contribution >= 0.6 is 11.3 Å². The summed E-state index contributed by atoms with van der Waals surface area (Å²) in [6.07, 6.45) is 0.872. The Morgan fingerprint density at radius 1 is 1.41 bits per heavy atom. The van der Waals surface area contributed by atoms with Gasteiger partial charge in [0.1, 0.15) is 12.4 Å². The summed E-state index contributed by atoms with van der Waals surface area (Å²) in [6.45, 7) is 1.93. The molecule has 1 aromatic carbocycles. The van der Waals surface area contributed by atoms with Crippen molar-refractivity contribution in [2.24, 2.45) is 5.92 Å². The molecule has 0 saturated carbocycles. The Morgan fingerprint density at radius 3 is 2.86 bits per heavy atom. The minimum atomic E-state index is 0.0157. The normalized spacial score (nSPS) is 17.7. The molecule has 1 unspecified atom stereocenters. The maximum Gasteiger partial charge on any atom is 0.253 e. The van der Waals surface area contributed by atoms with Crippen LogP contribution in [-0.2, 0) is 6.61 Å². The lowest BCUT2D eigenvalue weighted by atomic mass is 10.1. The Hall–Kier alpha value is -1.92. The van der Waals surface area contributed by atoms with Crippen molar-refractivity contribution in [1.82, 2.24) is 9.88 Å². The van der Waals surface area contributed by atoms with Crippen molar-refractivity contribution < 1.29 is 14.6 Å². The van der Waals surface area contributed by atoms with Crippen molar-refractivity contribution in [1.29, 1.82) is 0 Å². The molecule has 5 nitrogen and oxygen atoms in total. The predicted molar refractivity (Wildman–Crippen MR) is 84.0 cm³/mol. The molecule has 1 aromatic heterocycles. The van der Waals surface area contributed by atoms with Gasteiger partial charge in [-0.05, 0) is 30.7 Å². The van der Waals surface area contributed by atoms with E-state index in [-0.39, 0.29) is 18.4 Å². The molecule has 1 N–H and O–H groups in total. The Kier molecular flexibility index (Phi) is 4.70. The van der Waals surface area contributed by atoms with Gasteiger partial charge in [0.25, 0.3) is 5.91 Å². The first-order chi connectivity index (χ1) is 10.8. The van der Waals surface area contributed by atoms with Gasteiger partial charge in [0, 0.05) is 36.6 Å². The van der Waals surface area contributed by atoms with E-state index in [0.717, 1.165) is 17.9 Å². The van der Waals surface area contributed by atoms with E-state index in [9.17, 15) is 4.79 Å². The van der Waals surface area contributed by atoms with E-state index in [0.29, 0.717) is 25.3 Å². The van der Waals surface area contributed by atoms with Gasteiger partial charge in [0.2, 0.25) is 0 Å². The van der Waals surface area contributed by atoms with Crippen molar-refractivity contribution in [3.63, 3.8) is 0 Å². The van der Waals surface area contributed by atoms with E-state index in [1.807, 2.05) is 5.38 Å². The lowest BCUT2D eigenvalue weighted by Crippen LogP contribution is -2.29. The van der Waals surface area contributed by atoms with Crippen LogP contribution in [0, 0.1) is 5.92 Å². The van der Waals surface area contributed by atoms with Crippen molar-refractivity contribution in [3.05, 3.63) is 46.4 Å². The van der Waals surface area contributed by atoms with Crippen molar-refractivity contribution in [2.45, 2.75) is 13.0 Å². The summed E-state index contributed by atoms with van der Waals surface area (Å²) in [6, 6.07) is 7.17. The molecule has 2 heterocycles. The van der Waals surface area contributed by atoms with Gasteiger partial charge in [-0.2, -0.15) is 0 Å². The Balaban J connectivity index is 1.58. The summed E-state index contributed by atoms with van der Waals surface area (Å²) in [5.41, 5.74) is 3.33. The summed E-state index contributed by atoms with van der Waals surface area (Å²) in [7, 11) is 0. The average Bonchev–Trinajstić information content (AvgIpc) is 3.24. The van der Waals surface area contributed by atoms with Crippen LogP contribution in [0.25, 0.3) is 0 Å². The number of hydrogen-bond donors (Lipinski definition) is 1. The number of carbonyl (C=O) groups is 1. The number of aliphatic hydroxyl groups is 1. The zero-order valence-electron chi connectivity index (χ0n) is 12.1. The molecule has 1 amide bonds. The molecule has 1 saturated heterocycles. The predicted octanol–water partition coefficient (Wildman–Crippen LogP) is 2.18. The SMILES string of the molecule is O=C(c1ccc(OCc2cscn2)cc1)N1CCC(CO)C1. The van der Waals surface area contributed by atoms with Crippen LogP contribution in [0.5, 0.6) is 5.75 Å². The molecule has 1 aliphatic rings. The Bertz CT molecular complexity index is 613. The molecule has 1 atom stereocenters. The van der Waals surface area contributed by atoms with Gasteiger partial charge in [-0.15, -0.1) is 11.3 Å². The molecule has 6 heteroatoms. The van der Waals surface area contributed by atoms with Gasteiger partial charge in [0.05, 0.1) is 11.2 Å². The molecule has 1 aliphatic heterocycles. The van der Waals surface area contributed by atoms with Crippen molar-refractivity contribution in [3.8, 4) is 5.75 Å². The van der Waals surface area contributed by atoms with Crippen molar-refractivity contribution in [2.75, 3.05) is 19.7 Å². The van der Waals surface area contributed by atoms with Crippen LogP contribution in [0.15, 0.2) is 35.2 Å². The number of aliphatic hydroxyl groups excluding tert-OH is 1. The number of rotatable bonds is 5. The zero-order chi connectivity index (χ0) is 15.4. The van der Waals surface area contributed by atoms with Gasteiger partial charge in [0.15, 0.2) is 0 Å². The molecule has 0 aliphatic carbocycles. The van der Waals surface area contributed by atoms with E-state index in [1.54, 1.807) is 34.7 Å².